The third-order valence-electron chi connectivity index (χ3n) is 4.01. The van der Waals surface area contributed by atoms with Gasteiger partial charge in [-0.1, -0.05) is 18.5 Å². The Labute approximate surface area is 155 Å². The van der Waals surface area contributed by atoms with Gasteiger partial charge in [-0.2, -0.15) is 4.98 Å². The van der Waals surface area contributed by atoms with Crippen LogP contribution in [0, 0.1) is 17.0 Å². The van der Waals surface area contributed by atoms with E-state index in [4.69, 9.17) is 11.6 Å². The van der Waals surface area contributed by atoms with Gasteiger partial charge < -0.3 is 4.90 Å². The average molecular weight is 373 g/mol. The highest BCUT2D eigenvalue weighted by atomic mass is 35.5. The maximum atomic E-state index is 11.7. The molecule has 0 radical (unpaired) electrons. The van der Waals surface area contributed by atoms with E-state index < -0.39 is 4.92 Å². The first-order valence-corrected chi connectivity index (χ1v) is 8.35. The lowest BCUT2D eigenvalue weighted by atomic mass is 10.2. The van der Waals surface area contributed by atoms with E-state index in [1.165, 1.54) is 0 Å². The molecule has 26 heavy (non-hydrogen) atoms. The minimum atomic E-state index is -0.445. The summed E-state index contributed by atoms with van der Waals surface area (Å²) in [5, 5.41) is 12.3. The predicted molar refractivity (Wildman–Crippen MR) is 99.4 cm³/mol. The number of nitro groups is 1. The first kappa shape index (κ1) is 17.8. The average Bonchev–Trinajstić information content (AvgIpc) is 3.06. The summed E-state index contributed by atoms with van der Waals surface area (Å²) in [5.41, 5.74) is 1.07. The molecule has 0 spiro atoms. The fraction of sp³-hybridized carbons (Fsp3) is 0.235. The Bertz CT molecular complexity index is 954. The number of aromatic nitrogens is 4. The summed E-state index contributed by atoms with van der Waals surface area (Å²) in [5.74, 6) is 1.17. The SMILES string of the molecule is CCc1nc(N(C)c2ccc(Cl)cc2)nc(-n2ccnc2C)c1[N+](=O)[O-]. The quantitative estimate of drug-likeness (QED) is 0.499. The fourth-order valence-corrected chi connectivity index (χ4v) is 2.73. The van der Waals surface area contributed by atoms with Gasteiger partial charge in [-0.15, -0.1) is 0 Å². The molecule has 134 valence electrons. The molecule has 9 heteroatoms. The largest absolute Gasteiger partial charge is 0.333 e. The summed E-state index contributed by atoms with van der Waals surface area (Å²) in [6, 6.07) is 7.20. The van der Waals surface area contributed by atoms with Gasteiger partial charge in [0.2, 0.25) is 11.8 Å². The van der Waals surface area contributed by atoms with E-state index in [0.717, 1.165) is 5.69 Å². The molecular formula is C17H17ClN6O2. The van der Waals surface area contributed by atoms with Crippen molar-refractivity contribution >= 4 is 28.9 Å². The second-order valence-corrected chi connectivity index (χ2v) is 6.07. The lowest BCUT2D eigenvalue weighted by molar-refractivity contribution is -0.385. The summed E-state index contributed by atoms with van der Waals surface area (Å²) < 4.78 is 1.60. The third kappa shape index (κ3) is 3.23. The van der Waals surface area contributed by atoms with Crippen LogP contribution in [0.4, 0.5) is 17.3 Å². The number of imidazole rings is 1. The Balaban J connectivity index is 2.20. The van der Waals surface area contributed by atoms with Gasteiger partial charge in [-0.3, -0.25) is 14.7 Å². The highest BCUT2D eigenvalue weighted by molar-refractivity contribution is 6.30. The van der Waals surface area contributed by atoms with Gasteiger partial charge in [0.25, 0.3) is 0 Å². The summed E-state index contributed by atoms with van der Waals surface area (Å²) in [6.45, 7) is 3.59. The lowest BCUT2D eigenvalue weighted by Crippen LogP contribution is -2.17. The van der Waals surface area contributed by atoms with Crippen LogP contribution in [0.1, 0.15) is 18.4 Å². The van der Waals surface area contributed by atoms with E-state index in [0.29, 0.717) is 28.9 Å². The van der Waals surface area contributed by atoms with Crippen LogP contribution in [0.25, 0.3) is 5.82 Å². The molecule has 3 rings (SSSR count). The van der Waals surface area contributed by atoms with Crippen LogP contribution in [0.2, 0.25) is 5.02 Å². The lowest BCUT2D eigenvalue weighted by Gasteiger charge is -2.19. The van der Waals surface area contributed by atoms with Crippen molar-refractivity contribution in [3.63, 3.8) is 0 Å². The number of hydrogen-bond acceptors (Lipinski definition) is 6. The number of nitrogens with zero attached hydrogens (tertiary/aromatic N) is 6. The number of benzene rings is 1. The van der Waals surface area contributed by atoms with Crippen LogP contribution in [0.15, 0.2) is 36.7 Å². The molecule has 0 bridgehead atoms. The van der Waals surface area contributed by atoms with Crippen molar-refractivity contribution in [2.24, 2.45) is 0 Å². The predicted octanol–water partition coefficient (Wildman–Crippen LogP) is 3.86. The standard InChI is InChI=1S/C17H17ClN6O2/c1-4-14-15(24(25)26)16(23-10-9-19-11(23)2)21-17(20-14)22(3)13-7-5-12(18)6-8-13/h5-10H,4H2,1-3H3. The smallest absolute Gasteiger partial charge is 0.314 e. The van der Waals surface area contributed by atoms with Crippen LogP contribution >= 0.6 is 11.6 Å². The molecule has 8 nitrogen and oxygen atoms in total. The molecule has 0 aliphatic carbocycles. The summed E-state index contributed by atoms with van der Waals surface area (Å²) in [4.78, 5) is 26.0. The molecular weight excluding hydrogens is 356 g/mol. The summed E-state index contributed by atoms with van der Waals surface area (Å²) in [6.07, 6.45) is 3.63. The molecule has 0 aliphatic rings. The highest BCUT2D eigenvalue weighted by Crippen LogP contribution is 2.30. The van der Waals surface area contributed by atoms with Gasteiger partial charge in [0.15, 0.2) is 0 Å². The third-order valence-corrected chi connectivity index (χ3v) is 4.26. The van der Waals surface area contributed by atoms with Crippen molar-refractivity contribution < 1.29 is 4.92 Å². The highest BCUT2D eigenvalue weighted by Gasteiger charge is 2.27. The van der Waals surface area contributed by atoms with Crippen LogP contribution in [-0.4, -0.2) is 31.5 Å². The van der Waals surface area contributed by atoms with E-state index in [2.05, 4.69) is 15.0 Å². The van der Waals surface area contributed by atoms with Gasteiger partial charge >= 0.3 is 5.69 Å². The van der Waals surface area contributed by atoms with Crippen molar-refractivity contribution in [2.45, 2.75) is 20.3 Å². The van der Waals surface area contributed by atoms with E-state index in [1.54, 1.807) is 48.0 Å². The number of rotatable bonds is 5. The molecule has 0 saturated carbocycles. The van der Waals surface area contributed by atoms with E-state index in [-0.39, 0.29) is 11.5 Å². The number of hydrogen-bond donors (Lipinski definition) is 0. The van der Waals surface area contributed by atoms with Crippen molar-refractivity contribution in [3.8, 4) is 5.82 Å². The number of aryl methyl sites for hydroxylation is 2. The molecule has 0 amide bonds. The molecule has 2 heterocycles. The summed E-state index contributed by atoms with van der Waals surface area (Å²) in [7, 11) is 1.80. The Morgan fingerprint density at radius 1 is 1.27 bits per heavy atom. The minimum absolute atomic E-state index is 0.109. The Kier molecular flexibility index (Phi) is 4.85. The second-order valence-electron chi connectivity index (χ2n) is 5.63. The minimum Gasteiger partial charge on any atom is -0.314 e. The first-order chi connectivity index (χ1) is 12.4. The molecule has 0 atom stereocenters. The molecule has 0 aliphatic heterocycles. The van der Waals surface area contributed by atoms with Gasteiger partial charge in [0.1, 0.15) is 11.5 Å². The number of halogens is 1. The van der Waals surface area contributed by atoms with E-state index in [1.807, 2.05) is 19.1 Å². The molecule has 2 aromatic heterocycles. The fourth-order valence-electron chi connectivity index (χ4n) is 2.61. The maximum absolute atomic E-state index is 11.7. The monoisotopic (exact) mass is 372 g/mol. The van der Waals surface area contributed by atoms with Gasteiger partial charge in [0.05, 0.1) is 4.92 Å². The van der Waals surface area contributed by atoms with Crippen molar-refractivity contribution in [1.29, 1.82) is 0 Å². The van der Waals surface area contributed by atoms with Crippen molar-refractivity contribution in [3.05, 3.63) is 63.3 Å². The van der Waals surface area contributed by atoms with Crippen LogP contribution in [0.5, 0.6) is 0 Å². The zero-order valence-corrected chi connectivity index (χ0v) is 15.3. The molecule has 0 saturated heterocycles. The number of anilines is 2. The summed E-state index contributed by atoms with van der Waals surface area (Å²) >= 11 is 5.94. The zero-order chi connectivity index (χ0) is 18.8. The van der Waals surface area contributed by atoms with Gasteiger partial charge in [-0.25, -0.2) is 9.97 Å². The van der Waals surface area contributed by atoms with Crippen molar-refractivity contribution in [1.82, 2.24) is 19.5 Å². The Morgan fingerprint density at radius 2 is 1.96 bits per heavy atom. The Morgan fingerprint density at radius 3 is 2.50 bits per heavy atom. The van der Waals surface area contributed by atoms with Crippen LogP contribution < -0.4 is 4.90 Å². The normalized spacial score (nSPS) is 10.8. The maximum Gasteiger partial charge on any atom is 0.333 e. The Hall–Kier alpha value is -3.00. The molecule has 3 aromatic rings. The first-order valence-electron chi connectivity index (χ1n) is 7.97. The van der Waals surface area contributed by atoms with Gasteiger partial charge in [0, 0.05) is 30.2 Å². The van der Waals surface area contributed by atoms with Crippen LogP contribution in [0.3, 0.4) is 0 Å². The molecule has 0 N–H and O–H groups in total. The molecule has 0 fully saturated rings. The topological polar surface area (TPSA) is 90.0 Å². The van der Waals surface area contributed by atoms with Crippen molar-refractivity contribution in [2.75, 3.05) is 11.9 Å². The van der Waals surface area contributed by atoms with Crippen LogP contribution in [-0.2, 0) is 6.42 Å². The van der Waals surface area contributed by atoms with Gasteiger partial charge in [-0.05, 0) is 37.6 Å². The van der Waals surface area contributed by atoms with E-state index >= 15 is 0 Å². The molecule has 1 aromatic carbocycles. The molecule has 0 unspecified atom stereocenters. The van der Waals surface area contributed by atoms with E-state index in [9.17, 15) is 10.1 Å². The zero-order valence-electron chi connectivity index (χ0n) is 14.5. The second kappa shape index (κ2) is 7.09.